The second-order valence-electron chi connectivity index (χ2n) is 5.66. The summed E-state index contributed by atoms with van der Waals surface area (Å²) in [6, 6.07) is 5.27. The van der Waals surface area contributed by atoms with Gasteiger partial charge in [0.15, 0.2) is 0 Å². The zero-order valence-electron chi connectivity index (χ0n) is 11.5. The van der Waals surface area contributed by atoms with Crippen LogP contribution in [0.2, 0.25) is 0 Å². The highest BCUT2D eigenvalue weighted by molar-refractivity contribution is 5.93. The van der Waals surface area contributed by atoms with Crippen LogP contribution in [0.3, 0.4) is 0 Å². The summed E-state index contributed by atoms with van der Waals surface area (Å²) in [6.07, 6.45) is 3.70. The van der Waals surface area contributed by atoms with E-state index < -0.39 is 11.7 Å². The van der Waals surface area contributed by atoms with Gasteiger partial charge in [0.25, 0.3) is 5.91 Å². The van der Waals surface area contributed by atoms with E-state index in [4.69, 9.17) is 5.73 Å². The monoisotopic (exact) mass is 277 g/mol. The third-order valence-electron chi connectivity index (χ3n) is 4.40. The van der Waals surface area contributed by atoms with Crippen LogP contribution in [0.4, 0.5) is 10.1 Å². The van der Waals surface area contributed by atoms with E-state index in [0.29, 0.717) is 6.04 Å². The Kier molecular flexibility index (Phi) is 3.61. The number of carbonyl (C=O) groups excluding carboxylic acids is 1. The summed E-state index contributed by atoms with van der Waals surface area (Å²) in [5.41, 5.74) is 5.93. The molecule has 2 aliphatic rings. The molecule has 1 unspecified atom stereocenters. The third-order valence-corrected chi connectivity index (χ3v) is 4.40. The van der Waals surface area contributed by atoms with Gasteiger partial charge in [0.2, 0.25) is 0 Å². The van der Waals surface area contributed by atoms with Gasteiger partial charge in [-0.25, -0.2) is 4.39 Å². The van der Waals surface area contributed by atoms with Gasteiger partial charge in [-0.3, -0.25) is 9.69 Å². The molecule has 1 amide bonds. The number of anilines is 1. The predicted molar refractivity (Wildman–Crippen MR) is 76.3 cm³/mol. The molecular weight excluding hydrogens is 257 g/mol. The SMILES string of the molecule is NC(=O)c1ccc(N2CCC(N3CCCC3)C2)cc1F. The van der Waals surface area contributed by atoms with E-state index in [1.54, 1.807) is 6.07 Å². The first-order valence-electron chi connectivity index (χ1n) is 7.23. The van der Waals surface area contributed by atoms with Gasteiger partial charge in [0, 0.05) is 24.8 Å². The fraction of sp³-hybridized carbons (Fsp3) is 0.533. The molecule has 108 valence electrons. The lowest BCUT2D eigenvalue weighted by molar-refractivity contribution is 0.0996. The van der Waals surface area contributed by atoms with Crippen LogP contribution in [-0.4, -0.2) is 43.0 Å². The Balaban J connectivity index is 1.71. The lowest BCUT2D eigenvalue weighted by Gasteiger charge is -2.24. The molecule has 1 aromatic carbocycles. The van der Waals surface area contributed by atoms with E-state index in [2.05, 4.69) is 9.80 Å². The van der Waals surface area contributed by atoms with Gasteiger partial charge in [-0.2, -0.15) is 0 Å². The van der Waals surface area contributed by atoms with Crippen LogP contribution >= 0.6 is 0 Å². The van der Waals surface area contributed by atoms with Crippen LogP contribution < -0.4 is 10.6 Å². The van der Waals surface area contributed by atoms with Crippen molar-refractivity contribution in [3.05, 3.63) is 29.6 Å². The summed E-state index contributed by atoms with van der Waals surface area (Å²) >= 11 is 0. The maximum atomic E-state index is 13.8. The molecule has 2 aliphatic heterocycles. The number of carbonyl (C=O) groups is 1. The minimum absolute atomic E-state index is 0.0379. The fourth-order valence-electron chi connectivity index (χ4n) is 3.28. The summed E-state index contributed by atoms with van der Waals surface area (Å²) in [6.45, 7) is 4.26. The van der Waals surface area contributed by atoms with Gasteiger partial charge < -0.3 is 10.6 Å². The number of nitrogens with zero attached hydrogens (tertiary/aromatic N) is 2. The van der Waals surface area contributed by atoms with Crippen molar-refractivity contribution in [1.29, 1.82) is 0 Å². The van der Waals surface area contributed by atoms with Crippen LogP contribution in [0.1, 0.15) is 29.6 Å². The van der Waals surface area contributed by atoms with Gasteiger partial charge in [-0.05, 0) is 50.6 Å². The third kappa shape index (κ3) is 2.50. The topological polar surface area (TPSA) is 49.6 Å². The average Bonchev–Trinajstić information content (AvgIpc) is 3.09. The smallest absolute Gasteiger partial charge is 0.251 e. The number of hydrogen-bond donors (Lipinski definition) is 1. The van der Waals surface area contributed by atoms with Gasteiger partial charge in [0.1, 0.15) is 5.82 Å². The first-order chi connectivity index (χ1) is 9.65. The number of benzene rings is 1. The zero-order chi connectivity index (χ0) is 14.1. The molecule has 0 radical (unpaired) electrons. The summed E-state index contributed by atoms with van der Waals surface area (Å²) < 4.78 is 13.8. The molecule has 4 nitrogen and oxygen atoms in total. The average molecular weight is 277 g/mol. The molecular formula is C15H20FN3O. The van der Waals surface area contributed by atoms with Crippen LogP contribution in [0.25, 0.3) is 0 Å². The van der Waals surface area contributed by atoms with E-state index in [1.807, 2.05) is 0 Å². The Morgan fingerprint density at radius 3 is 2.65 bits per heavy atom. The molecule has 2 saturated heterocycles. The lowest BCUT2D eigenvalue weighted by Crippen LogP contribution is -2.35. The van der Waals surface area contributed by atoms with Crippen molar-refractivity contribution in [1.82, 2.24) is 4.90 Å². The number of primary amides is 1. The molecule has 0 spiro atoms. The van der Waals surface area contributed by atoms with Crippen molar-refractivity contribution in [3.63, 3.8) is 0 Å². The normalized spacial score (nSPS) is 23.4. The molecule has 1 aromatic rings. The van der Waals surface area contributed by atoms with Gasteiger partial charge in [-0.1, -0.05) is 0 Å². The van der Waals surface area contributed by atoms with Crippen molar-refractivity contribution in [3.8, 4) is 0 Å². The molecule has 0 saturated carbocycles. The fourth-order valence-corrected chi connectivity index (χ4v) is 3.28. The number of halogens is 1. The Labute approximate surface area is 118 Å². The van der Waals surface area contributed by atoms with Gasteiger partial charge in [-0.15, -0.1) is 0 Å². The summed E-state index contributed by atoms with van der Waals surface area (Å²) in [5.74, 6) is -1.25. The van der Waals surface area contributed by atoms with Crippen molar-refractivity contribution >= 4 is 11.6 Å². The van der Waals surface area contributed by atoms with Crippen LogP contribution in [0.5, 0.6) is 0 Å². The highest BCUT2D eigenvalue weighted by atomic mass is 19.1. The second-order valence-corrected chi connectivity index (χ2v) is 5.66. The van der Waals surface area contributed by atoms with Gasteiger partial charge in [0.05, 0.1) is 5.56 Å². The second kappa shape index (κ2) is 5.40. The molecule has 5 heteroatoms. The van der Waals surface area contributed by atoms with E-state index in [0.717, 1.165) is 25.2 Å². The molecule has 0 bridgehead atoms. The minimum atomic E-state index is -0.717. The van der Waals surface area contributed by atoms with Crippen molar-refractivity contribution in [2.24, 2.45) is 5.73 Å². The molecule has 2 heterocycles. The quantitative estimate of drug-likeness (QED) is 0.913. The number of hydrogen-bond acceptors (Lipinski definition) is 3. The Morgan fingerprint density at radius 2 is 2.00 bits per heavy atom. The maximum Gasteiger partial charge on any atom is 0.251 e. The van der Waals surface area contributed by atoms with E-state index >= 15 is 0 Å². The van der Waals surface area contributed by atoms with Crippen molar-refractivity contribution in [2.45, 2.75) is 25.3 Å². The number of rotatable bonds is 3. The summed E-state index contributed by atoms with van der Waals surface area (Å²) in [5, 5.41) is 0. The first kappa shape index (κ1) is 13.4. The lowest BCUT2D eigenvalue weighted by atomic mass is 10.1. The Hall–Kier alpha value is -1.62. The van der Waals surface area contributed by atoms with Crippen LogP contribution in [0, 0.1) is 5.82 Å². The minimum Gasteiger partial charge on any atom is -0.370 e. The highest BCUT2D eigenvalue weighted by Gasteiger charge is 2.29. The Bertz CT molecular complexity index is 514. The molecule has 0 aliphatic carbocycles. The molecule has 0 aromatic heterocycles. The maximum absolute atomic E-state index is 13.8. The van der Waals surface area contributed by atoms with Crippen molar-refractivity contribution < 1.29 is 9.18 Å². The van der Waals surface area contributed by atoms with E-state index in [1.165, 1.54) is 38.1 Å². The molecule has 3 rings (SSSR count). The molecule has 1 atom stereocenters. The first-order valence-corrected chi connectivity index (χ1v) is 7.23. The van der Waals surface area contributed by atoms with E-state index in [-0.39, 0.29) is 5.56 Å². The number of likely N-dealkylation sites (tertiary alicyclic amines) is 1. The molecule has 2 N–H and O–H groups in total. The number of nitrogens with two attached hydrogens (primary N) is 1. The standard InChI is InChI=1S/C15H20FN3O/c16-14-9-11(3-4-13(14)15(17)20)19-8-5-12(10-19)18-6-1-2-7-18/h3-4,9,12H,1-2,5-8,10H2,(H2,17,20). The summed E-state index contributed by atoms with van der Waals surface area (Å²) in [4.78, 5) is 15.8. The Morgan fingerprint density at radius 1 is 1.25 bits per heavy atom. The molecule has 2 fully saturated rings. The van der Waals surface area contributed by atoms with E-state index in [9.17, 15) is 9.18 Å². The highest BCUT2D eigenvalue weighted by Crippen LogP contribution is 2.26. The largest absolute Gasteiger partial charge is 0.370 e. The van der Waals surface area contributed by atoms with Crippen LogP contribution in [0.15, 0.2) is 18.2 Å². The predicted octanol–water partition coefficient (Wildman–Crippen LogP) is 1.60. The van der Waals surface area contributed by atoms with Crippen LogP contribution in [-0.2, 0) is 0 Å². The zero-order valence-corrected chi connectivity index (χ0v) is 11.5. The molecule has 20 heavy (non-hydrogen) atoms. The van der Waals surface area contributed by atoms with Crippen molar-refractivity contribution in [2.75, 3.05) is 31.1 Å². The number of amides is 1. The summed E-state index contributed by atoms with van der Waals surface area (Å²) in [7, 11) is 0. The van der Waals surface area contributed by atoms with Gasteiger partial charge >= 0.3 is 0 Å².